The van der Waals surface area contributed by atoms with Crippen LogP contribution in [-0.2, 0) is 5.60 Å². The molecule has 1 aromatic rings. The van der Waals surface area contributed by atoms with Gasteiger partial charge in [0.1, 0.15) is 5.60 Å². The van der Waals surface area contributed by atoms with Crippen molar-refractivity contribution in [3.05, 3.63) is 20.8 Å². The van der Waals surface area contributed by atoms with Crippen LogP contribution in [0.15, 0.2) is 15.9 Å². The highest BCUT2D eigenvalue weighted by molar-refractivity contribution is 9.10. The predicted octanol–water partition coefficient (Wildman–Crippen LogP) is 4.79. The summed E-state index contributed by atoms with van der Waals surface area (Å²) in [6.07, 6.45) is 1.65. The molecular formula is C13H21BrOS. The van der Waals surface area contributed by atoms with E-state index in [1.165, 1.54) is 0 Å². The lowest BCUT2D eigenvalue weighted by Crippen LogP contribution is -2.29. The van der Waals surface area contributed by atoms with Crippen LogP contribution < -0.4 is 0 Å². The highest BCUT2D eigenvalue weighted by atomic mass is 79.9. The summed E-state index contributed by atoms with van der Waals surface area (Å²) in [7, 11) is 0. The normalized spacial score (nSPS) is 12.8. The fourth-order valence-electron chi connectivity index (χ4n) is 2.25. The largest absolute Gasteiger partial charge is 0.384 e. The minimum Gasteiger partial charge on any atom is -0.384 e. The van der Waals surface area contributed by atoms with Crippen LogP contribution in [0.5, 0.6) is 0 Å². The lowest BCUT2D eigenvalue weighted by atomic mass is 9.84. The molecule has 0 saturated heterocycles. The summed E-state index contributed by atoms with van der Waals surface area (Å²) in [6.45, 7) is 8.64. The van der Waals surface area contributed by atoms with Crippen molar-refractivity contribution in [2.24, 2.45) is 11.8 Å². The maximum absolute atomic E-state index is 10.9. The van der Waals surface area contributed by atoms with Crippen molar-refractivity contribution in [1.29, 1.82) is 0 Å². The zero-order chi connectivity index (χ0) is 12.3. The second kappa shape index (κ2) is 5.65. The Labute approximate surface area is 111 Å². The van der Waals surface area contributed by atoms with E-state index >= 15 is 0 Å². The molecule has 92 valence electrons. The first-order valence-electron chi connectivity index (χ1n) is 5.81. The smallest absolute Gasteiger partial charge is 0.100 e. The summed E-state index contributed by atoms with van der Waals surface area (Å²) in [6, 6.07) is 2.02. The van der Waals surface area contributed by atoms with E-state index in [2.05, 4.69) is 43.6 Å². The summed E-state index contributed by atoms with van der Waals surface area (Å²) in [5, 5.41) is 12.9. The Hall–Kier alpha value is 0.140. The van der Waals surface area contributed by atoms with E-state index in [4.69, 9.17) is 0 Å². The molecule has 0 aromatic carbocycles. The highest BCUT2D eigenvalue weighted by Gasteiger charge is 2.33. The third-order valence-electron chi connectivity index (χ3n) is 2.53. The van der Waals surface area contributed by atoms with Crippen molar-refractivity contribution < 1.29 is 5.11 Å². The molecule has 0 aliphatic rings. The molecule has 0 saturated carbocycles. The molecule has 3 heteroatoms. The Kier molecular flexibility index (Phi) is 5.02. The highest BCUT2D eigenvalue weighted by Crippen LogP contribution is 2.41. The summed E-state index contributed by atoms with van der Waals surface area (Å²) in [4.78, 5) is 1.08. The molecule has 0 aliphatic heterocycles. The number of thiophene rings is 1. The monoisotopic (exact) mass is 304 g/mol. The first-order valence-corrected chi connectivity index (χ1v) is 7.48. The summed E-state index contributed by atoms with van der Waals surface area (Å²) in [5.74, 6) is 0.996. The Bertz CT molecular complexity index is 320. The molecule has 0 unspecified atom stereocenters. The Morgan fingerprint density at radius 2 is 1.75 bits per heavy atom. The third-order valence-corrected chi connectivity index (χ3v) is 4.56. The number of aliphatic hydroxyl groups is 1. The van der Waals surface area contributed by atoms with Crippen molar-refractivity contribution in [2.45, 2.75) is 46.1 Å². The van der Waals surface area contributed by atoms with Gasteiger partial charge < -0.3 is 5.11 Å². The van der Waals surface area contributed by atoms with Crippen LogP contribution in [0.3, 0.4) is 0 Å². The van der Waals surface area contributed by atoms with Gasteiger partial charge in [-0.3, -0.25) is 0 Å². The van der Waals surface area contributed by atoms with Crippen LogP contribution in [0.2, 0.25) is 0 Å². The van der Waals surface area contributed by atoms with Crippen LogP contribution >= 0.6 is 27.3 Å². The average molecular weight is 305 g/mol. The predicted molar refractivity (Wildman–Crippen MR) is 74.8 cm³/mol. The molecule has 0 radical (unpaired) electrons. The fraction of sp³-hybridized carbons (Fsp3) is 0.692. The lowest BCUT2D eigenvalue weighted by molar-refractivity contribution is -0.00166. The van der Waals surface area contributed by atoms with Crippen molar-refractivity contribution in [2.75, 3.05) is 0 Å². The van der Waals surface area contributed by atoms with E-state index < -0.39 is 5.60 Å². The molecule has 16 heavy (non-hydrogen) atoms. The van der Waals surface area contributed by atoms with Gasteiger partial charge in [-0.15, -0.1) is 11.3 Å². The van der Waals surface area contributed by atoms with Gasteiger partial charge in [0.15, 0.2) is 0 Å². The van der Waals surface area contributed by atoms with E-state index in [1.807, 2.05) is 11.4 Å². The molecule has 0 aliphatic carbocycles. The molecule has 1 heterocycles. The first kappa shape index (κ1) is 14.2. The second-order valence-corrected chi connectivity index (χ2v) is 7.10. The van der Waals surface area contributed by atoms with E-state index in [1.54, 1.807) is 11.3 Å². The van der Waals surface area contributed by atoms with Crippen molar-refractivity contribution in [3.63, 3.8) is 0 Å². The second-order valence-electron chi connectivity index (χ2n) is 5.33. The Balaban J connectivity index is 2.99. The number of hydrogen-bond acceptors (Lipinski definition) is 2. The Morgan fingerprint density at radius 1 is 1.25 bits per heavy atom. The van der Waals surface area contributed by atoms with Gasteiger partial charge in [-0.05, 0) is 52.1 Å². The topological polar surface area (TPSA) is 20.2 Å². The van der Waals surface area contributed by atoms with Crippen molar-refractivity contribution in [1.82, 2.24) is 0 Å². The van der Waals surface area contributed by atoms with Crippen molar-refractivity contribution in [3.8, 4) is 0 Å². The van der Waals surface area contributed by atoms with Gasteiger partial charge in [0, 0.05) is 4.47 Å². The van der Waals surface area contributed by atoms with E-state index in [0.717, 1.165) is 22.2 Å². The van der Waals surface area contributed by atoms with Gasteiger partial charge >= 0.3 is 0 Å². The van der Waals surface area contributed by atoms with Gasteiger partial charge in [0.2, 0.25) is 0 Å². The van der Waals surface area contributed by atoms with Gasteiger partial charge in [-0.25, -0.2) is 0 Å². The van der Waals surface area contributed by atoms with E-state index in [0.29, 0.717) is 11.8 Å². The molecule has 0 spiro atoms. The molecule has 1 N–H and O–H groups in total. The molecule has 0 atom stereocenters. The van der Waals surface area contributed by atoms with E-state index in [-0.39, 0.29) is 0 Å². The number of halogens is 1. The summed E-state index contributed by atoms with van der Waals surface area (Å²) in [5.41, 5.74) is -0.671. The van der Waals surface area contributed by atoms with Gasteiger partial charge in [0.25, 0.3) is 0 Å². The minimum atomic E-state index is -0.671. The lowest BCUT2D eigenvalue weighted by Gasteiger charge is -2.31. The molecule has 0 bridgehead atoms. The fourth-order valence-corrected chi connectivity index (χ4v) is 4.11. The Morgan fingerprint density at radius 3 is 2.06 bits per heavy atom. The SMILES string of the molecule is CC(C)CC(O)(CC(C)C)c1sccc1Br. The van der Waals surface area contributed by atoms with Crippen LogP contribution in [0, 0.1) is 11.8 Å². The van der Waals surface area contributed by atoms with Gasteiger partial charge in [0.05, 0.1) is 4.88 Å². The molecule has 0 fully saturated rings. The third kappa shape index (κ3) is 3.57. The number of rotatable bonds is 5. The summed E-state index contributed by atoms with van der Waals surface area (Å²) >= 11 is 5.18. The standard InChI is InChI=1S/C13H21BrOS/c1-9(2)7-13(15,8-10(3)4)12-11(14)5-6-16-12/h5-6,9-10,15H,7-8H2,1-4H3. The van der Waals surface area contributed by atoms with Crippen LogP contribution in [0.1, 0.15) is 45.4 Å². The van der Waals surface area contributed by atoms with Crippen LogP contribution in [0.25, 0.3) is 0 Å². The van der Waals surface area contributed by atoms with E-state index in [9.17, 15) is 5.11 Å². The maximum atomic E-state index is 10.9. The maximum Gasteiger partial charge on any atom is 0.100 e. The minimum absolute atomic E-state index is 0.498. The first-order chi connectivity index (χ1) is 7.35. The molecule has 1 aromatic heterocycles. The van der Waals surface area contributed by atoms with Crippen LogP contribution in [-0.4, -0.2) is 5.11 Å². The van der Waals surface area contributed by atoms with Gasteiger partial charge in [-0.1, -0.05) is 27.7 Å². The molecule has 1 rings (SSSR count). The molecule has 0 amide bonds. The van der Waals surface area contributed by atoms with Crippen LogP contribution in [0.4, 0.5) is 0 Å². The van der Waals surface area contributed by atoms with Crippen molar-refractivity contribution >= 4 is 27.3 Å². The molecular weight excluding hydrogens is 284 g/mol. The summed E-state index contributed by atoms with van der Waals surface area (Å²) < 4.78 is 1.04. The quantitative estimate of drug-likeness (QED) is 0.829. The zero-order valence-electron chi connectivity index (χ0n) is 10.5. The number of hydrogen-bond donors (Lipinski definition) is 1. The zero-order valence-corrected chi connectivity index (χ0v) is 12.9. The van der Waals surface area contributed by atoms with Gasteiger partial charge in [-0.2, -0.15) is 0 Å². The molecule has 1 nitrogen and oxygen atoms in total. The average Bonchev–Trinajstić information content (AvgIpc) is 2.48.